The van der Waals surface area contributed by atoms with E-state index in [-0.39, 0.29) is 6.29 Å². The number of para-hydroxylation sites is 1. The smallest absolute Gasteiger partial charge is 0.235 e. The minimum Gasteiger partial charge on any atom is -0.352 e. The molecule has 6 heteroatoms. The van der Waals surface area contributed by atoms with E-state index < -0.39 is 0 Å². The van der Waals surface area contributed by atoms with E-state index in [0.29, 0.717) is 0 Å². The van der Waals surface area contributed by atoms with Crippen LogP contribution in [0.25, 0.3) is 10.9 Å². The van der Waals surface area contributed by atoms with Crippen LogP contribution in [0.3, 0.4) is 0 Å². The molecule has 94 valence electrons. The van der Waals surface area contributed by atoms with Gasteiger partial charge in [0, 0.05) is 23.3 Å². The van der Waals surface area contributed by atoms with Crippen molar-refractivity contribution >= 4 is 38.9 Å². The molecule has 3 heterocycles. The summed E-state index contributed by atoms with van der Waals surface area (Å²) in [5.74, 6) is 0.803. The number of halogens is 1. The third kappa shape index (κ3) is 1.76. The second-order valence-electron chi connectivity index (χ2n) is 4.41. The van der Waals surface area contributed by atoms with Crippen molar-refractivity contribution in [3.63, 3.8) is 0 Å². The normalized spacial score (nSPS) is 21.1. The Morgan fingerprint density at radius 1 is 1.26 bits per heavy atom. The molecule has 4 rings (SSSR count). The standard InChI is InChI=1S/C13H10BrN5/c14-9-6-15-13-17-12(18-19(13)7-9)11-5-8-3-1-2-4-10(8)16-11/h1-7,13,16H,(H,17,18). The van der Waals surface area contributed by atoms with E-state index in [1.54, 1.807) is 6.21 Å². The van der Waals surface area contributed by atoms with Gasteiger partial charge in [0.15, 0.2) is 5.84 Å². The van der Waals surface area contributed by atoms with E-state index >= 15 is 0 Å². The molecule has 2 aliphatic heterocycles. The van der Waals surface area contributed by atoms with E-state index in [1.165, 1.54) is 5.39 Å². The number of nitrogens with one attached hydrogen (secondary N) is 2. The number of benzene rings is 1. The average molecular weight is 316 g/mol. The first-order valence-electron chi connectivity index (χ1n) is 5.91. The Labute approximate surface area is 117 Å². The predicted octanol–water partition coefficient (Wildman–Crippen LogP) is 2.34. The first-order valence-corrected chi connectivity index (χ1v) is 6.70. The Morgan fingerprint density at radius 3 is 3.05 bits per heavy atom. The van der Waals surface area contributed by atoms with Crippen LogP contribution in [0.1, 0.15) is 5.69 Å². The van der Waals surface area contributed by atoms with E-state index in [1.807, 2.05) is 23.3 Å². The van der Waals surface area contributed by atoms with Gasteiger partial charge in [0.05, 0.1) is 10.2 Å². The Morgan fingerprint density at radius 2 is 2.16 bits per heavy atom. The summed E-state index contributed by atoms with van der Waals surface area (Å²) in [5.41, 5.74) is 5.30. The summed E-state index contributed by atoms with van der Waals surface area (Å²) in [4.78, 5) is 12.2. The van der Waals surface area contributed by atoms with E-state index in [0.717, 1.165) is 21.5 Å². The van der Waals surface area contributed by atoms with E-state index in [4.69, 9.17) is 0 Å². The van der Waals surface area contributed by atoms with Gasteiger partial charge in [-0.25, -0.2) is 15.0 Å². The molecule has 0 bridgehead atoms. The summed E-state index contributed by atoms with van der Waals surface area (Å²) in [6.07, 6.45) is 3.47. The summed E-state index contributed by atoms with van der Waals surface area (Å²) in [6.45, 7) is 0. The third-order valence-corrected chi connectivity index (χ3v) is 3.52. The fourth-order valence-corrected chi connectivity index (χ4v) is 2.56. The lowest BCUT2D eigenvalue weighted by molar-refractivity contribution is 0.281. The van der Waals surface area contributed by atoms with Gasteiger partial charge >= 0.3 is 0 Å². The van der Waals surface area contributed by atoms with E-state index in [9.17, 15) is 0 Å². The molecule has 1 aromatic heterocycles. The van der Waals surface area contributed by atoms with Gasteiger partial charge in [-0.2, -0.15) is 0 Å². The van der Waals surface area contributed by atoms with Gasteiger partial charge in [0.1, 0.15) is 0 Å². The van der Waals surface area contributed by atoms with E-state index in [2.05, 4.69) is 54.5 Å². The van der Waals surface area contributed by atoms with Crippen LogP contribution in [-0.2, 0) is 0 Å². The maximum atomic E-state index is 4.55. The first kappa shape index (κ1) is 10.8. The number of hydrazine groups is 1. The lowest BCUT2D eigenvalue weighted by Crippen LogP contribution is -2.37. The van der Waals surface area contributed by atoms with Crippen molar-refractivity contribution in [3.8, 4) is 0 Å². The Balaban J connectivity index is 1.72. The maximum Gasteiger partial charge on any atom is 0.235 e. The molecule has 0 radical (unpaired) electrons. The second-order valence-corrected chi connectivity index (χ2v) is 5.32. The predicted molar refractivity (Wildman–Crippen MR) is 79.1 cm³/mol. The summed E-state index contributed by atoms with van der Waals surface area (Å²) in [7, 11) is 0. The number of aliphatic imine (C=N–C) groups is 2. The molecule has 2 N–H and O–H groups in total. The summed E-state index contributed by atoms with van der Waals surface area (Å²) in [6, 6.07) is 10.3. The topological polar surface area (TPSA) is 55.8 Å². The lowest BCUT2D eigenvalue weighted by Gasteiger charge is -2.20. The highest BCUT2D eigenvalue weighted by Crippen LogP contribution is 2.21. The van der Waals surface area contributed by atoms with Gasteiger partial charge in [0.2, 0.25) is 6.29 Å². The van der Waals surface area contributed by atoms with Crippen LogP contribution in [-0.4, -0.2) is 28.3 Å². The lowest BCUT2D eigenvalue weighted by atomic mass is 10.2. The number of fused-ring (bicyclic) bond motifs is 2. The number of aromatic nitrogens is 1. The molecule has 1 aromatic carbocycles. The van der Waals surface area contributed by atoms with Gasteiger partial charge in [-0.3, -0.25) is 5.43 Å². The largest absolute Gasteiger partial charge is 0.352 e. The van der Waals surface area contributed by atoms with Gasteiger partial charge in [-0.15, -0.1) is 0 Å². The van der Waals surface area contributed by atoms with Crippen LogP contribution in [0, 0.1) is 0 Å². The van der Waals surface area contributed by atoms with Crippen LogP contribution in [0.15, 0.2) is 51.0 Å². The number of aromatic amines is 1. The number of hydrogen-bond acceptors (Lipinski definition) is 4. The minimum absolute atomic E-state index is 0.220. The van der Waals surface area contributed by atoms with Crippen molar-refractivity contribution in [2.75, 3.05) is 0 Å². The maximum absolute atomic E-state index is 4.55. The minimum atomic E-state index is -0.220. The van der Waals surface area contributed by atoms with Crippen LogP contribution < -0.4 is 5.43 Å². The number of H-pyrrole nitrogens is 1. The molecule has 2 aromatic rings. The SMILES string of the molecule is BrC1=CN2NC(c3cc4ccccc4[nH]3)=NC2N=C1. The molecule has 0 amide bonds. The number of nitrogens with zero attached hydrogens (tertiary/aromatic N) is 3. The van der Waals surface area contributed by atoms with Gasteiger partial charge in [-0.05, 0) is 28.1 Å². The van der Waals surface area contributed by atoms with Crippen LogP contribution >= 0.6 is 15.9 Å². The highest BCUT2D eigenvalue weighted by atomic mass is 79.9. The Hall–Kier alpha value is -2.08. The summed E-state index contributed by atoms with van der Waals surface area (Å²) in [5, 5.41) is 3.04. The third-order valence-electron chi connectivity index (χ3n) is 3.11. The van der Waals surface area contributed by atoms with Crippen LogP contribution in [0.5, 0.6) is 0 Å². The molecule has 0 saturated carbocycles. The number of amidine groups is 1. The summed E-state index contributed by atoms with van der Waals surface area (Å²) >= 11 is 3.40. The van der Waals surface area contributed by atoms with Crippen LogP contribution in [0.4, 0.5) is 0 Å². The quantitative estimate of drug-likeness (QED) is 0.848. The molecule has 5 nitrogen and oxygen atoms in total. The highest BCUT2D eigenvalue weighted by Gasteiger charge is 2.26. The van der Waals surface area contributed by atoms with Gasteiger partial charge in [-0.1, -0.05) is 18.2 Å². The number of hydrogen-bond donors (Lipinski definition) is 2. The average Bonchev–Trinajstić information content (AvgIpc) is 3.00. The molecule has 0 fully saturated rings. The molecule has 19 heavy (non-hydrogen) atoms. The van der Waals surface area contributed by atoms with Crippen molar-refractivity contribution < 1.29 is 0 Å². The van der Waals surface area contributed by atoms with Crippen molar-refractivity contribution in [2.24, 2.45) is 9.98 Å². The zero-order chi connectivity index (χ0) is 12.8. The van der Waals surface area contributed by atoms with Crippen molar-refractivity contribution in [1.29, 1.82) is 0 Å². The molecule has 0 spiro atoms. The second kappa shape index (κ2) is 3.96. The molecule has 0 saturated heterocycles. The molecule has 0 aliphatic carbocycles. The number of allylic oxidation sites excluding steroid dienone is 1. The first-order chi connectivity index (χ1) is 9.29. The zero-order valence-corrected chi connectivity index (χ0v) is 11.4. The van der Waals surface area contributed by atoms with Gasteiger partial charge < -0.3 is 4.98 Å². The molecular formula is C13H10BrN5. The Kier molecular flexibility index (Phi) is 2.25. The molecule has 1 unspecified atom stereocenters. The fraction of sp³-hybridized carbons (Fsp3) is 0.0769. The van der Waals surface area contributed by atoms with Gasteiger partial charge in [0.25, 0.3) is 0 Å². The molecule has 2 aliphatic rings. The van der Waals surface area contributed by atoms with Crippen molar-refractivity contribution in [1.82, 2.24) is 15.4 Å². The summed E-state index contributed by atoms with van der Waals surface area (Å²) < 4.78 is 0.921. The number of rotatable bonds is 1. The van der Waals surface area contributed by atoms with Crippen LogP contribution in [0.2, 0.25) is 0 Å². The van der Waals surface area contributed by atoms with Crippen molar-refractivity contribution in [3.05, 3.63) is 46.7 Å². The molecular weight excluding hydrogens is 306 g/mol. The Bertz CT molecular complexity index is 709. The molecule has 1 atom stereocenters. The highest BCUT2D eigenvalue weighted by molar-refractivity contribution is 9.12. The zero-order valence-electron chi connectivity index (χ0n) is 9.84. The monoisotopic (exact) mass is 315 g/mol. The van der Waals surface area contributed by atoms with Crippen molar-refractivity contribution in [2.45, 2.75) is 6.29 Å². The fourth-order valence-electron chi connectivity index (χ4n) is 2.23.